The highest BCUT2D eigenvalue weighted by Gasteiger charge is 2.44. The molecule has 1 aliphatic heterocycles. The van der Waals surface area contributed by atoms with Crippen molar-refractivity contribution in [3.8, 4) is 0 Å². The predicted molar refractivity (Wildman–Crippen MR) is 79.5 cm³/mol. The lowest BCUT2D eigenvalue weighted by atomic mass is 10.1. The van der Waals surface area contributed by atoms with Crippen LogP contribution < -0.4 is 11.1 Å². The van der Waals surface area contributed by atoms with E-state index >= 15 is 0 Å². The summed E-state index contributed by atoms with van der Waals surface area (Å²) in [4.78, 5) is 26.1. The maximum Gasteiger partial charge on any atom is 0.251 e. The number of hydrogen-bond acceptors (Lipinski definition) is 3. The van der Waals surface area contributed by atoms with Crippen molar-refractivity contribution in [2.45, 2.75) is 38.4 Å². The molecule has 112 valence electrons. The van der Waals surface area contributed by atoms with Gasteiger partial charge in [0.15, 0.2) is 0 Å². The van der Waals surface area contributed by atoms with Gasteiger partial charge in [0.2, 0.25) is 5.91 Å². The first-order valence-electron chi connectivity index (χ1n) is 7.48. The van der Waals surface area contributed by atoms with Gasteiger partial charge in [0.1, 0.15) is 0 Å². The topological polar surface area (TPSA) is 75.4 Å². The number of amides is 2. The van der Waals surface area contributed by atoms with Crippen LogP contribution in [-0.4, -0.2) is 35.3 Å². The molecule has 0 aromatic heterocycles. The van der Waals surface area contributed by atoms with Crippen molar-refractivity contribution in [1.29, 1.82) is 0 Å². The predicted octanol–water partition coefficient (Wildman–Crippen LogP) is 0.884. The van der Waals surface area contributed by atoms with E-state index in [0.717, 1.165) is 12.0 Å². The minimum atomic E-state index is -0.123. The lowest BCUT2D eigenvalue weighted by Crippen LogP contribution is -2.37. The average Bonchev–Trinajstić information content (AvgIpc) is 3.09. The second-order valence-electron chi connectivity index (χ2n) is 6.10. The van der Waals surface area contributed by atoms with Crippen LogP contribution >= 0.6 is 0 Å². The Balaban J connectivity index is 1.58. The summed E-state index contributed by atoms with van der Waals surface area (Å²) in [5.41, 5.74) is 7.15. The van der Waals surface area contributed by atoms with Gasteiger partial charge in [0.05, 0.1) is 6.04 Å². The SMILES string of the molecule is C[C@@H]1C[C@@H]1N1C[C@@H](NC(=O)c2ccc(CN)cc2)CC1=O. The van der Waals surface area contributed by atoms with Gasteiger partial charge in [-0.25, -0.2) is 0 Å². The van der Waals surface area contributed by atoms with E-state index in [0.29, 0.717) is 37.0 Å². The number of carbonyl (C=O) groups is 2. The summed E-state index contributed by atoms with van der Waals surface area (Å²) >= 11 is 0. The maximum atomic E-state index is 12.2. The quantitative estimate of drug-likeness (QED) is 0.863. The monoisotopic (exact) mass is 287 g/mol. The minimum absolute atomic E-state index is 0.0769. The summed E-state index contributed by atoms with van der Waals surface area (Å²) in [6.45, 7) is 3.26. The number of nitrogens with two attached hydrogens (primary N) is 1. The number of carbonyl (C=O) groups excluding carboxylic acids is 2. The van der Waals surface area contributed by atoms with Crippen molar-refractivity contribution in [3.63, 3.8) is 0 Å². The largest absolute Gasteiger partial charge is 0.347 e. The smallest absolute Gasteiger partial charge is 0.251 e. The fourth-order valence-corrected chi connectivity index (χ4v) is 2.95. The third-order valence-corrected chi connectivity index (χ3v) is 4.41. The molecule has 1 heterocycles. The van der Waals surface area contributed by atoms with Gasteiger partial charge in [-0.2, -0.15) is 0 Å². The number of nitrogens with one attached hydrogen (secondary N) is 1. The molecule has 0 unspecified atom stereocenters. The summed E-state index contributed by atoms with van der Waals surface area (Å²) in [6, 6.07) is 7.57. The molecule has 3 atom stereocenters. The Kier molecular flexibility index (Phi) is 3.68. The second-order valence-corrected chi connectivity index (χ2v) is 6.10. The van der Waals surface area contributed by atoms with Crippen LogP contribution in [0.15, 0.2) is 24.3 Å². The van der Waals surface area contributed by atoms with Crippen LogP contribution in [0, 0.1) is 5.92 Å². The van der Waals surface area contributed by atoms with Crippen molar-refractivity contribution in [1.82, 2.24) is 10.2 Å². The minimum Gasteiger partial charge on any atom is -0.347 e. The highest BCUT2D eigenvalue weighted by atomic mass is 16.2. The van der Waals surface area contributed by atoms with Gasteiger partial charge in [-0.15, -0.1) is 0 Å². The first-order valence-corrected chi connectivity index (χ1v) is 7.48. The van der Waals surface area contributed by atoms with Crippen LogP contribution in [0.3, 0.4) is 0 Å². The molecule has 5 heteroatoms. The van der Waals surface area contributed by atoms with E-state index in [-0.39, 0.29) is 17.9 Å². The van der Waals surface area contributed by atoms with E-state index in [1.807, 2.05) is 17.0 Å². The van der Waals surface area contributed by atoms with Gasteiger partial charge in [-0.3, -0.25) is 9.59 Å². The molecule has 5 nitrogen and oxygen atoms in total. The molecule has 1 aromatic carbocycles. The maximum absolute atomic E-state index is 12.2. The average molecular weight is 287 g/mol. The zero-order valence-corrected chi connectivity index (χ0v) is 12.2. The molecule has 1 aromatic rings. The molecule has 3 rings (SSSR count). The van der Waals surface area contributed by atoms with Crippen LogP contribution in [-0.2, 0) is 11.3 Å². The van der Waals surface area contributed by atoms with Crippen molar-refractivity contribution in [2.75, 3.05) is 6.54 Å². The number of likely N-dealkylation sites (tertiary alicyclic amines) is 1. The highest BCUT2D eigenvalue weighted by molar-refractivity contribution is 5.95. The van der Waals surface area contributed by atoms with Gasteiger partial charge < -0.3 is 16.0 Å². The van der Waals surface area contributed by atoms with E-state index < -0.39 is 0 Å². The fourth-order valence-electron chi connectivity index (χ4n) is 2.95. The molecular weight excluding hydrogens is 266 g/mol. The fraction of sp³-hybridized carbons (Fsp3) is 0.500. The van der Waals surface area contributed by atoms with Crippen LogP contribution in [0.25, 0.3) is 0 Å². The molecule has 1 aliphatic carbocycles. The molecule has 3 N–H and O–H groups in total. The molecule has 0 radical (unpaired) electrons. The summed E-state index contributed by atoms with van der Waals surface area (Å²) in [6.07, 6.45) is 1.50. The Labute approximate surface area is 124 Å². The zero-order valence-electron chi connectivity index (χ0n) is 12.2. The molecule has 2 fully saturated rings. The van der Waals surface area contributed by atoms with Gasteiger partial charge >= 0.3 is 0 Å². The molecular formula is C16H21N3O2. The molecule has 2 aliphatic rings. The van der Waals surface area contributed by atoms with Gasteiger partial charge in [-0.05, 0) is 30.0 Å². The molecule has 1 saturated carbocycles. The Hall–Kier alpha value is -1.88. The van der Waals surface area contributed by atoms with E-state index in [1.165, 1.54) is 0 Å². The first kappa shape index (κ1) is 14.1. The van der Waals surface area contributed by atoms with E-state index in [4.69, 9.17) is 5.73 Å². The summed E-state index contributed by atoms with van der Waals surface area (Å²) in [5, 5.41) is 2.96. The number of benzene rings is 1. The number of hydrogen-bond donors (Lipinski definition) is 2. The lowest BCUT2D eigenvalue weighted by molar-refractivity contribution is -0.128. The van der Waals surface area contributed by atoms with Crippen molar-refractivity contribution < 1.29 is 9.59 Å². The summed E-state index contributed by atoms with van der Waals surface area (Å²) in [7, 11) is 0. The first-order chi connectivity index (χ1) is 10.1. The van der Waals surface area contributed by atoms with Crippen molar-refractivity contribution in [2.24, 2.45) is 11.7 Å². The number of nitrogens with zero attached hydrogens (tertiary/aromatic N) is 1. The third-order valence-electron chi connectivity index (χ3n) is 4.41. The van der Waals surface area contributed by atoms with Crippen molar-refractivity contribution in [3.05, 3.63) is 35.4 Å². The van der Waals surface area contributed by atoms with Crippen LogP contribution in [0.2, 0.25) is 0 Å². The Morgan fingerprint density at radius 2 is 2.05 bits per heavy atom. The van der Waals surface area contributed by atoms with Gasteiger partial charge in [-0.1, -0.05) is 19.1 Å². The van der Waals surface area contributed by atoms with Gasteiger partial charge in [0, 0.05) is 31.1 Å². The molecule has 0 bridgehead atoms. The van der Waals surface area contributed by atoms with E-state index in [9.17, 15) is 9.59 Å². The molecule has 2 amide bonds. The number of rotatable bonds is 4. The Bertz CT molecular complexity index is 555. The summed E-state index contributed by atoms with van der Waals surface area (Å²) in [5.74, 6) is 0.641. The molecule has 1 saturated heterocycles. The molecule has 0 spiro atoms. The van der Waals surface area contributed by atoms with Crippen molar-refractivity contribution >= 4 is 11.8 Å². The Morgan fingerprint density at radius 3 is 2.62 bits per heavy atom. The standard InChI is InChI=1S/C16H21N3O2/c1-10-6-14(10)19-9-13(7-15(19)20)18-16(21)12-4-2-11(8-17)3-5-12/h2-5,10,13-14H,6-9,17H2,1H3,(H,18,21)/t10-,13+,14+/m1/s1. The normalized spacial score (nSPS) is 27.8. The van der Waals surface area contributed by atoms with Crippen LogP contribution in [0.5, 0.6) is 0 Å². The summed E-state index contributed by atoms with van der Waals surface area (Å²) < 4.78 is 0. The molecule has 21 heavy (non-hydrogen) atoms. The van der Waals surface area contributed by atoms with E-state index in [1.54, 1.807) is 12.1 Å². The van der Waals surface area contributed by atoms with Gasteiger partial charge in [0.25, 0.3) is 5.91 Å². The second kappa shape index (κ2) is 5.48. The third kappa shape index (κ3) is 2.93. The highest BCUT2D eigenvalue weighted by Crippen LogP contribution is 2.37. The van der Waals surface area contributed by atoms with Crippen LogP contribution in [0.1, 0.15) is 35.7 Å². The zero-order chi connectivity index (χ0) is 15.0. The lowest BCUT2D eigenvalue weighted by Gasteiger charge is -2.17. The van der Waals surface area contributed by atoms with E-state index in [2.05, 4.69) is 12.2 Å². The van der Waals surface area contributed by atoms with Crippen LogP contribution in [0.4, 0.5) is 0 Å². The Morgan fingerprint density at radius 1 is 1.38 bits per heavy atom.